The molecule has 0 unspecified atom stereocenters. The largest absolute Gasteiger partial charge is 0.497 e. The molecule has 2 aromatic carbocycles. The van der Waals surface area contributed by atoms with Crippen molar-refractivity contribution in [1.29, 1.82) is 0 Å². The standard InChI is InChI=1S/C21H25N5O/c1-4-26(5-2)18-10-6-16(7-11-18)23-20-14-15-22-21(25-20)24-17-8-12-19(27-3)13-9-17/h6-15H,4-5H2,1-3H3,(H2,22,23,24,25). The number of ether oxygens (including phenoxy) is 1. The predicted molar refractivity (Wildman–Crippen MR) is 112 cm³/mol. The van der Waals surface area contributed by atoms with Gasteiger partial charge in [0.2, 0.25) is 5.95 Å². The van der Waals surface area contributed by atoms with Crippen LogP contribution in [0.15, 0.2) is 60.8 Å². The summed E-state index contributed by atoms with van der Waals surface area (Å²) in [6.45, 7) is 6.31. The zero-order valence-corrected chi connectivity index (χ0v) is 15.9. The molecule has 3 aromatic rings. The van der Waals surface area contributed by atoms with Gasteiger partial charge in [0.25, 0.3) is 0 Å². The van der Waals surface area contributed by atoms with E-state index in [-0.39, 0.29) is 0 Å². The lowest BCUT2D eigenvalue weighted by atomic mass is 10.2. The summed E-state index contributed by atoms with van der Waals surface area (Å²) >= 11 is 0. The molecule has 0 spiro atoms. The minimum Gasteiger partial charge on any atom is -0.497 e. The van der Waals surface area contributed by atoms with Crippen molar-refractivity contribution >= 4 is 28.8 Å². The van der Waals surface area contributed by atoms with E-state index in [0.717, 1.165) is 36.0 Å². The number of benzene rings is 2. The quantitative estimate of drug-likeness (QED) is 0.598. The van der Waals surface area contributed by atoms with E-state index in [1.165, 1.54) is 5.69 Å². The van der Waals surface area contributed by atoms with Gasteiger partial charge in [-0.25, -0.2) is 4.98 Å². The van der Waals surface area contributed by atoms with Gasteiger partial charge in [-0.3, -0.25) is 0 Å². The zero-order chi connectivity index (χ0) is 19.1. The summed E-state index contributed by atoms with van der Waals surface area (Å²) in [5.41, 5.74) is 3.10. The minimum absolute atomic E-state index is 0.532. The maximum Gasteiger partial charge on any atom is 0.229 e. The van der Waals surface area contributed by atoms with E-state index in [4.69, 9.17) is 4.74 Å². The third-order valence-corrected chi connectivity index (χ3v) is 4.27. The second-order valence-electron chi connectivity index (χ2n) is 5.96. The van der Waals surface area contributed by atoms with Crippen LogP contribution in [-0.4, -0.2) is 30.2 Å². The number of aromatic nitrogens is 2. The smallest absolute Gasteiger partial charge is 0.229 e. The van der Waals surface area contributed by atoms with E-state index >= 15 is 0 Å². The fourth-order valence-corrected chi connectivity index (χ4v) is 2.78. The Bertz CT molecular complexity index is 845. The summed E-state index contributed by atoms with van der Waals surface area (Å²) in [5.74, 6) is 2.08. The van der Waals surface area contributed by atoms with E-state index < -0.39 is 0 Å². The summed E-state index contributed by atoms with van der Waals surface area (Å²) in [7, 11) is 1.65. The Labute approximate surface area is 160 Å². The summed E-state index contributed by atoms with van der Waals surface area (Å²) in [5, 5.41) is 6.52. The van der Waals surface area contributed by atoms with Gasteiger partial charge in [0.15, 0.2) is 0 Å². The van der Waals surface area contributed by atoms with Crippen LogP contribution in [0.1, 0.15) is 13.8 Å². The number of methoxy groups -OCH3 is 1. The maximum absolute atomic E-state index is 5.17. The summed E-state index contributed by atoms with van der Waals surface area (Å²) in [4.78, 5) is 11.1. The lowest BCUT2D eigenvalue weighted by Gasteiger charge is -2.21. The first-order valence-electron chi connectivity index (χ1n) is 9.08. The Morgan fingerprint density at radius 2 is 1.48 bits per heavy atom. The maximum atomic E-state index is 5.17. The molecule has 0 aliphatic carbocycles. The molecular formula is C21H25N5O. The molecule has 0 atom stereocenters. The Morgan fingerprint density at radius 3 is 2.11 bits per heavy atom. The minimum atomic E-state index is 0.532. The average molecular weight is 363 g/mol. The molecule has 0 fully saturated rings. The van der Waals surface area contributed by atoms with E-state index in [1.807, 2.05) is 30.3 Å². The number of hydrogen-bond acceptors (Lipinski definition) is 6. The highest BCUT2D eigenvalue weighted by Gasteiger charge is 2.04. The van der Waals surface area contributed by atoms with Crippen LogP contribution in [0, 0.1) is 0 Å². The van der Waals surface area contributed by atoms with E-state index in [1.54, 1.807) is 13.3 Å². The number of rotatable bonds is 8. The second-order valence-corrected chi connectivity index (χ2v) is 5.96. The molecule has 0 bridgehead atoms. The predicted octanol–water partition coefficient (Wildman–Crippen LogP) is 4.82. The van der Waals surface area contributed by atoms with Crippen molar-refractivity contribution in [3.63, 3.8) is 0 Å². The van der Waals surface area contributed by atoms with Gasteiger partial charge in [0.05, 0.1) is 7.11 Å². The molecule has 3 rings (SSSR count). The molecule has 6 nitrogen and oxygen atoms in total. The van der Waals surface area contributed by atoms with Crippen LogP contribution >= 0.6 is 0 Å². The fourth-order valence-electron chi connectivity index (χ4n) is 2.78. The number of hydrogen-bond donors (Lipinski definition) is 2. The molecule has 0 aliphatic heterocycles. The average Bonchev–Trinajstić information content (AvgIpc) is 2.71. The molecular weight excluding hydrogens is 338 g/mol. The number of anilines is 5. The van der Waals surface area contributed by atoms with Gasteiger partial charge in [0.1, 0.15) is 11.6 Å². The number of nitrogens with one attached hydrogen (secondary N) is 2. The van der Waals surface area contributed by atoms with Gasteiger partial charge < -0.3 is 20.3 Å². The first-order valence-corrected chi connectivity index (χ1v) is 9.08. The fraction of sp³-hybridized carbons (Fsp3) is 0.238. The molecule has 0 aliphatic rings. The van der Waals surface area contributed by atoms with Crippen LogP contribution in [-0.2, 0) is 0 Å². The van der Waals surface area contributed by atoms with Crippen LogP contribution in [0.2, 0.25) is 0 Å². The molecule has 27 heavy (non-hydrogen) atoms. The summed E-state index contributed by atoms with van der Waals surface area (Å²) < 4.78 is 5.17. The topological polar surface area (TPSA) is 62.3 Å². The highest BCUT2D eigenvalue weighted by molar-refractivity contribution is 5.62. The van der Waals surface area contributed by atoms with Crippen molar-refractivity contribution in [2.45, 2.75) is 13.8 Å². The molecule has 1 aromatic heterocycles. The van der Waals surface area contributed by atoms with Crippen molar-refractivity contribution in [2.24, 2.45) is 0 Å². The molecule has 0 saturated carbocycles. The van der Waals surface area contributed by atoms with Gasteiger partial charge in [-0.1, -0.05) is 0 Å². The zero-order valence-electron chi connectivity index (χ0n) is 15.9. The highest BCUT2D eigenvalue weighted by atomic mass is 16.5. The van der Waals surface area contributed by atoms with E-state index in [2.05, 4.69) is 63.6 Å². The molecule has 2 N–H and O–H groups in total. The molecule has 140 valence electrons. The van der Waals surface area contributed by atoms with E-state index in [9.17, 15) is 0 Å². The van der Waals surface area contributed by atoms with Gasteiger partial charge in [0, 0.05) is 36.3 Å². The van der Waals surface area contributed by atoms with Crippen molar-refractivity contribution in [3.05, 3.63) is 60.8 Å². The summed E-state index contributed by atoms with van der Waals surface area (Å²) in [6, 6.07) is 17.8. The monoisotopic (exact) mass is 363 g/mol. The van der Waals surface area contributed by atoms with Crippen LogP contribution in [0.3, 0.4) is 0 Å². The van der Waals surface area contributed by atoms with Crippen molar-refractivity contribution in [3.8, 4) is 5.75 Å². The van der Waals surface area contributed by atoms with Crippen molar-refractivity contribution in [2.75, 3.05) is 35.7 Å². The van der Waals surface area contributed by atoms with Crippen molar-refractivity contribution < 1.29 is 4.74 Å². The molecule has 0 saturated heterocycles. The lowest BCUT2D eigenvalue weighted by molar-refractivity contribution is 0.415. The molecule has 6 heteroatoms. The molecule has 1 heterocycles. The molecule has 0 amide bonds. The first kappa shape index (κ1) is 18.5. The molecule has 0 radical (unpaired) electrons. The SMILES string of the molecule is CCN(CC)c1ccc(Nc2ccnc(Nc3ccc(OC)cc3)n2)cc1. The van der Waals surface area contributed by atoms with Gasteiger partial charge in [-0.15, -0.1) is 0 Å². The van der Waals surface area contributed by atoms with Crippen LogP contribution < -0.4 is 20.3 Å². The van der Waals surface area contributed by atoms with Crippen LogP contribution in [0.5, 0.6) is 5.75 Å². The van der Waals surface area contributed by atoms with Gasteiger partial charge in [-0.2, -0.15) is 4.98 Å². The van der Waals surface area contributed by atoms with E-state index in [0.29, 0.717) is 5.95 Å². The second kappa shape index (κ2) is 8.89. The lowest BCUT2D eigenvalue weighted by Crippen LogP contribution is -2.21. The van der Waals surface area contributed by atoms with Crippen LogP contribution in [0.25, 0.3) is 0 Å². The van der Waals surface area contributed by atoms with Gasteiger partial charge in [-0.05, 0) is 68.4 Å². The van der Waals surface area contributed by atoms with Gasteiger partial charge >= 0.3 is 0 Å². The Hall–Kier alpha value is -3.28. The Morgan fingerprint density at radius 1 is 0.852 bits per heavy atom. The number of nitrogens with zero attached hydrogens (tertiary/aromatic N) is 3. The normalized spacial score (nSPS) is 10.3. The third-order valence-electron chi connectivity index (χ3n) is 4.27. The third kappa shape index (κ3) is 4.88. The summed E-state index contributed by atoms with van der Waals surface area (Å²) in [6.07, 6.45) is 1.73. The highest BCUT2D eigenvalue weighted by Crippen LogP contribution is 2.22. The van der Waals surface area contributed by atoms with Crippen molar-refractivity contribution in [1.82, 2.24) is 9.97 Å². The Kier molecular flexibility index (Phi) is 6.10. The Balaban J connectivity index is 1.68. The first-order chi connectivity index (χ1) is 13.2. The van der Waals surface area contributed by atoms with Crippen LogP contribution in [0.4, 0.5) is 28.8 Å².